The third kappa shape index (κ3) is 2.65. The lowest BCUT2D eigenvalue weighted by atomic mass is 9.63. The fourth-order valence-electron chi connectivity index (χ4n) is 4.23. The minimum absolute atomic E-state index is 0.00555. The number of imide groups is 1. The first-order valence-electron chi connectivity index (χ1n) is 8.76. The van der Waals surface area contributed by atoms with Gasteiger partial charge in [-0.15, -0.1) is 0 Å². The van der Waals surface area contributed by atoms with E-state index in [1.54, 1.807) is 12.1 Å². The molecule has 4 atom stereocenters. The Morgan fingerprint density at radius 1 is 1.23 bits per heavy atom. The summed E-state index contributed by atoms with van der Waals surface area (Å²) in [6, 6.07) is 3.28. The molecule has 1 N–H and O–H groups in total. The molecule has 3 aliphatic carbocycles. The van der Waals surface area contributed by atoms with Crippen molar-refractivity contribution in [3.8, 4) is 11.5 Å². The largest absolute Gasteiger partial charge is 0.503 e. The highest BCUT2D eigenvalue weighted by molar-refractivity contribution is 9.10. The van der Waals surface area contributed by atoms with E-state index in [1.165, 1.54) is 6.21 Å². The van der Waals surface area contributed by atoms with Crippen LogP contribution in [0.25, 0.3) is 0 Å². The Balaban J connectivity index is 1.60. The van der Waals surface area contributed by atoms with Gasteiger partial charge in [-0.2, -0.15) is 10.1 Å². The molecule has 0 radical (unpaired) electrons. The lowest BCUT2D eigenvalue weighted by molar-refractivity contribution is -0.140. The second kappa shape index (κ2) is 6.54. The normalized spacial score (nSPS) is 29.7. The van der Waals surface area contributed by atoms with Crippen molar-refractivity contribution in [1.29, 1.82) is 0 Å². The van der Waals surface area contributed by atoms with Gasteiger partial charge in [0.2, 0.25) is 0 Å². The van der Waals surface area contributed by atoms with Crippen LogP contribution < -0.4 is 4.74 Å². The average molecular weight is 419 g/mol. The number of allylic oxidation sites excluding steroid dienone is 2. The van der Waals surface area contributed by atoms with Gasteiger partial charge in [0.15, 0.2) is 11.5 Å². The molecule has 7 heteroatoms. The number of phenolic OH excluding ortho intramolecular Hbond substituents is 1. The van der Waals surface area contributed by atoms with Gasteiger partial charge in [-0.05, 0) is 65.2 Å². The first kappa shape index (κ1) is 17.3. The van der Waals surface area contributed by atoms with Crippen LogP contribution in [0.2, 0.25) is 0 Å². The average Bonchev–Trinajstić information content (AvgIpc) is 2.91. The molecule has 26 heavy (non-hydrogen) atoms. The standard InChI is InChI=1S/C19H19BrN2O4/c1-2-26-14-8-10(7-13(20)17(14)23)9-21-22-18(24)15-11-3-4-12(6-5-11)16(15)19(22)25/h3-4,7-9,11-12,15-16,23H,2,5-6H2,1H3. The van der Waals surface area contributed by atoms with Crippen LogP contribution in [0.4, 0.5) is 0 Å². The lowest BCUT2D eigenvalue weighted by Gasteiger charge is -2.37. The van der Waals surface area contributed by atoms with Gasteiger partial charge in [0.1, 0.15) is 0 Å². The third-order valence-electron chi connectivity index (χ3n) is 5.41. The van der Waals surface area contributed by atoms with E-state index in [0.29, 0.717) is 22.4 Å². The number of carbonyl (C=O) groups is 2. The minimum atomic E-state index is -0.270. The van der Waals surface area contributed by atoms with Gasteiger partial charge >= 0.3 is 0 Å². The predicted molar refractivity (Wildman–Crippen MR) is 98.8 cm³/mol. The Kier molecular flexibility index (Phi) is 4.34. The molecule has 1 heterocycles. The molecule has 5 rings (SSSR count). The second-order valence-electron chi connectivity index (χ2n) is 6.86. The minimum Gasteiger partial charge on any atom is -0.503 e. The Bertz CT molecular complexity index is 803. The van der Waals surface area contributed by atoms with E-state index in [9.17, 15) is 14.7 Å². The van der Waals surface area contributed by atoms with E-state index < -0.39 is 0 Å². The number of halogens is 1. The van der Waals surface area contributed by atoms with Crippen molar-refractivity contribution < 1.29 is 19.4 Å². The van der Waals surface area contributed by atoms with Gasteiger partial charge in [-0.1, -0.05) is 12.2 Å². The fraction of sp³-hybridized carbons (Fsp3) is 0.421. The SMILES string of the molecule is CCOc1cc(C=NN2C(=O)C3C4C=CC(CC4)C3C2=O)cc(Br)c1O. The maximum Gasteiger partial charge on any atom is 0.254 e. The van der Waals surface area contributed by atoms with Gasteiger partial charge in [-0.25, -0.2) is 0 Å². The monoisotopic (exact) mass is 418 g/mol. The number of amides is 2. The maximum absolute atomic E-state index is 12.7. The van der Waals surface area contributed by atoms with Gasteiger partial charge in [0.25, 0.3) is 11.8 Å². The molecule has 1 saturated heterocycles. The highest BCUT2D eigenvalue weighted by Gasteiger charge is 2.56. The summed E-state index contributed by atoms with van der Waals surface area (Å²) in [5.74, 6) is -0.341. The molecule has 1 aliphatic heterocycles. The molecule has 1 saturated carbocycles. The number of phenols is 1. The molecule has 4 aliphatic rings. The predicted octanol–water partition coefficient (Wildman–Crippen LogP) is 3.08. The Morgan fingerprint density at radius 3 is 2.38 bits per heavy atom. The summed E-state index contributed by atoms with van der Waals surface area (Å²) in [7, 11) is 0. The van der Waals surface area contributed by atoms with Crippen molar-refractivity contribution in [2.45, 2.75) is 19.8 Å². The number of carbonyl (C=O) groups excluding carboxylic acids is 2. The number of hydrogen-bond donors (Lipinski definition) is 1. The topological polar surface area (TPSA) is 79.2 Å². The molecule has 136 valence electrons. The van der Waals surface area contributed by atoms with E-state index in [0.717, 1.165) is 17.9 Å². The van der Waals surface area contributed by atoms with E-state index in [-0.39, 0.29) is 41.2 Å². The van der Waals surface area contributed by atoms with E-state index in [1.807, 2.05) is 6.92 Å². The van der Waals surface area contributed by atoms with E-state index in [2.05, 4.69) is 33.2 Å². The van der Waals surface area contributed by atoms with Crippen LogP contribution in [0.3, 0.4) is 0 Å². The van der Waals surface area contributed by atoms with Crippen LogP contribution in [0.5, 0.6) is 11.5 Å². The molecular formula is C19H19BrN2O4. The number of hydrogen-bond acceptors (Lipinski definition) is 5. The Labute approximate surface area is 159 Å². The highest BCUT2D eigenvalue weighted by Crippen LogP contribution is 2.49. The summed E-state index contributed by atoms with van der Waals surface area (Å²) in [5.41, 5.74) is 0.620. The van der Waals surface area contributed by atoms with E-state index in [4.69, 9.17) is 4.74 Å². The molecule has 1 aromatic carbocycles. The van der Waals surface area contributed by atoms with Crippen LogP contribution in [0.15, 0.2) is 33.9 Å². The summed E-state index contributed by atoms with van der Waals surface area (Å²) < 4.78 is 5.85. The molecule has 2 amide bonds. The zero-order valence-electron chi connectivity index (χ0n) is 14.3. The summed E-state index contributed by atoms with van der Waals surface area (Å²) >= 11 is 3.27. The highest BCUT2D eigenvalue weighted by atomic mass is 79.9. The molecule has 6 nitrogen and oxygen atoms in total. The number of ether oxygens (including phenoxy) is 1. The van der Waals surface area contributed by atoms with Gasteiger partial charge < -0.3 is 9.84 Å². The molecule has 0 spiro atoms. The van der Waals surface area contributed by atoms with Gasteiger partial charge in [0, 0.05) is 0 Å². The number of fused-ring (bicyclic) bond motifs is 1. The number of nitrogens with zero attached hydrogens (tertiary/aromatic N) is 2. The quantitative estimate of drug-likeness (QED) is 0.462. The number of aromatic hydroxyl groups is 1. The van der Waals surface area contributed by atoms with Crippen molar-refractivity contribution >= 4 is 34.0 Å². The first-order chi connectivity index (χ1) is 12.5. The van der Waals surface area contributed by atoms with E-state index >= 15 is 0 Å². The Hall–Kier alpha value is -2.15. The number of hydrazone groups is 1. The fourth-order valence-corrected chi connectivity index (χ4v) is 4.69. The molecule has 1 aromatic rings. The zero-order valence-corrected chi connectivity index (χ0v) is 15.8. The van der Waals surface area contributed by atoms with Crippen LogP contribution >= 0.6 is 15.9 Å². The summed E-state index contributed by atoms with van der Waals surface area (Å²) in [6.07, 6.45) is 7.54. The van der Waals surface area contributed by atoms with Crippen LogP contribution in [-0.4, -0.2) is 34.8 Å². The van der Waals surface area contributed by atoms with Gasteiger partial charge in [0.05, 0.1) is 29.1 Å². The molecule has 0 aromatic heterocycles. The van der Waals surface area contributed by atoms with Crippen molar-refractivity contribution in [3.63, 3.8) is 0 Å². The maximum atomic E-state index is 12.7. The molecule has 2 fully saturated rings. The molecular weight excluding hydrogens is 400 g/mol. The summed E-state index contributed by atoms with van der Waals surface area (Å²) in [4.78, 5) is 25.5. The first-order valence-corrected chi connectivity index (χ1v) is 9.56. The summed E-state index contributed by atoms with van der Waals surface area (Å²) in [6.45, 7) is 2.22. The number of benzene rings is 1. The number of rotatable bonds is 4. The Morgan fingerprint density at radius 2 is 1.85 bits per heavy atom. The zero-order chi connectivity index (χ0) is 18.4. The molecule has 2 bridgehead atoms. The van der Waals surface area contributed by atoms with Crippen LogP contribution in [-0.2, 0) is 9.59 Å². The van der Waals surface area contributed by atoms with Crippen molar-refractivity contribution in [2.24, 2.45) is 28.8 Å². The van der Waals surface area contributed by atoms with Crippen molar-refractivity contribution in [3.05, 3.63) is 34.3 Å². The summed E-state index contributed by atoms with van der Waals surface area (Å²) in [5, 5.41) is 15.2. The van der Waals surface area contributed by atoms with Crippen LogP contribution in [0, 0.1) is 23.7 Å². The lowest BCUT2D eigenvalue weighted by Crippen LogP contribution is -2.38. The van der Waals surface area contributed by atoms with Gasteiger partial charge in [-0.3, -0.25) is 9.59 Å². The van der Waals surface area contributed by atoms with Crippen LogP contribution in [0.1, 0.15) is 25.3 Å². The second-order valence-corrected chi connectivity index (χ2v) is 7.71. The smallest absolute Gasteiger partial charge is 0.254 e. The third-order valence-corrected chi connectivity index (χ3v) is 6.01. The molecule has 4 unspecified atom stereocenters. The van der Waals surface area contributed by atoms with Crippen molar-refractivity contribution in [1.82, 2.24) is 5.01 Å². The van der Waals surface area contributed by atoms with Crippen molar-refractivity contribution in [2.75, 3.05) is 6.61 Å².